The van der Waals surface area contributed by atoms with E-state index >= 15 is 0 Å². The number of fused-ring (bicyclic) bond motifs is 4. The van der Waals surface area contributed by atoms with Crippen molar-refractivity contribution in [2.45, 2.75) is 18.2 Å². The largest absolute Gasteiger partial charge is 0.369 e. The molecule has 0 aliphatic carbocycles. The van der Waals surface area contributed by atoms with Gasteiger partial charge < -0.3 is 10.6 Å². The van der Waals surface area contributed by atoms with Crippen molar-refractivity contribution < 1.29 is 13.2 Å². The van der Waals surface area contributed by atoms with E-state index in [1.807, 2.05) is 12.1 Å². The van der Waals surface area contributed by atoms with Crippen molar-refractivity contribution in [3.05, 3.63) is 60.3 Å². The van der Waals surface area contributed by atoms with Gasteiger partial charge in [-0.25, -0.2) is 18.1 Å². The minimum atomic E-state index is -3.58. The molecule has 0 saturated carbocycles. The second kappa shape index (κ2) is 8.21. The van der Waals surface area contributed by atoms with E-state index in [9.17, 15) is 13.2 Å². The number of rotatable bonds is 2. The van der Waals surface area contributed by atoms with Gasteiger partial charge in [0.15, 0.2) is 5.78 Å². The van der Waals surface area contributed by atoms with E-state index in [1.165, 1.54) is 6.92 Å². The van der Waals surface area contributed by atoms with Crippen LogP contribution in [0.3, 0.4) is 0 Å². The van der Waals surface area contributed by atoms with Crippen molar-refractivity contribution in [3.8, 4) is 11.1 Å². The lowest BCUT2D eigenvalue weighted by Gasteiger charge is -2.13. The zero-order valence-electron chi connectivity index (χ0n) is 16.3. The van der Waals surface area contributed by atoms with Gasteiger partial charge in [0.05, 0.1) is 4.90 Å². The Morgan fingerprint density at radius 3 is 2.63 bits per heavy atom. The number of ketones is 1. The number of benzene rings is 2. The summed E-state index contributed by atoms with van der Waals surface area (Å²) < 4.78 is 27.5. The maximum absolute atomic E-state index is 12.5. The molecule has 154 valence electrons. The van der Waals surface area contributed by atoms with Crippen LogP contribution in [-0.2, 0) is 10.0 Å². The smallest absolute Gasteiger partial charge is 0.240 e. The first-order valence-corrected chi connectivity index (χ1v) is 11.0. The van der Waals surface area contributed by atoms with E-state index in [1.54, 1.807) is 42.6 Å². The molecule has 4 bridgehead atoms. The van der Waals surface area contributed by atoms with Gasteiger partial charge in [-0.05, 0) is 37.1 Å². The Hall–Kier alpha value is -3.30. The summed E-state index contributed by atoms with van der Waals surface area (Å²) in [6.07, 6.45) is 2.29. The Morgan fingerprint density at radius 1 is 1.07 bits per heavy atom. The van der Waals surface area contributed by atoms with E-state index in [0.717, 1.165) is 11.1 Å². The van der Waals surface area contributed by atoms with Crippen molar-refractivity contribution in [1.29, 1.82) is 0 Å². The molecule has 0 fully saturated rings. The van der Waals surface area contributed by atoms with Crippen LogP contribution in [0.2, 0.25) is 0 Å². The number of sulfonamides is 1. The Morgan fingerprint density at radius 2 is 1.87 bits per heavy atom. The van der Waals surface area contributed by atoms with Crippen LogP contribution in [0.5, 0.6) is 0 Å². The summed E-state index contributed by atoms with van der Waals surface area (Å²) in [6, 6.07) is 13.8. The van der Waals surface area contributed by atoms with Gasteiger partial charge in [0.25, 0.3) is 0 Å². The van der Waals surface area contributed by atoms with Gasteiger partial charge in [-0.3, -0.25) is 4.79 Å². The maximum atomic E-state index is 12.5. The molecule has 2 heterocycles. The highest BCUT2D eigenvalue weighted by Crippen LogP contribution is 2.28. The Balaban J connectivity index is 1.72. The summed E-state index contributed by atoms with van der Waals surface area (Å²) in [5.41, 5.74) is 2.88. The van der Waals surface area contributed by atoms with Gasteiger partial charge in [-0.1, -0.05) is 30.3 Å². The first-order valence-electron chi connectivity index (χ1n) is 9.51. The molecule has 1 aliphatic rings. The topological polar surface area (TPSA) is 113 Å². The number of carbonyl (C=O) groups excluding carboxylic acids is 1. The minimum absolute atomic E-state index is 0.00546. The Labute approximate surface area is 174 Å². The molecule has 3 N–H and O–H groups in total. The van der Waals surface area contributed by atoms with Crippen LogP contribution in [0.15, 0.2) is 59.6 Å². The molecule has 4 rings (SSSR count). The molecule has 9 heteroatoms. The monoisotopic (exact) mass is 423 g/mol. The lowest BCUT2D eigenvalue weighted by atomic mass is 10.0. The standard InChI is InChI=1S/C21H21N5O3S/c1-14(27)15-6-8-16(9-7-15)19-13-23-21-25-17-4-2-5-18(12-17)30(28,29)24-11-3-10-22-20(19)26-21/h2,4-9,12-13,24H,3,10-11H2,1H3,(H2,22,23,25,26). The lowest BCUT2D eigenvalue weighted by molar-refractivity contribution is 0.101. The van der Waals surface area contributed by atoms with Crippen LogP contribution < -0.4 is 15.4 Å². The molecule has 0 radical (unpaired) electrons. The number of nitrogens with one attached hydrogen (secondary N) is 3. The van der Waals surface area contributed by atoms with Crippen LogP contribution in [0.25, 0.3) is 11.1 Å². The molecule has 1 aromatic heterocycles. The molecule has 0 amide bonds. The first-order chi connectivity index (χ1) is 14.4. The van der Waals surface area contributed by atoms with Gasteiger partial charge in [0.2, 0.25) is 16.0 Å². The summed E-state index contributed by atoms with van der Waals surface area (Å²) in [6.45, 7) is 2.35. The molecular formula is C21H21N5O3S. The number of hydrogen-bond acceptors (Lipinski definition) is 7. The highest BCUT2D eigenvalue weighted by molar-refractivity contribution is 7.89. The average Bonchev–Trinajstić information content (AvgIpc) is 2.74. The summed E-state index contributed by atoms with van der Waals surface area (Å²) >= 11 is 0. The third kappa shape index (κ3) is 4.32. The SMILES string of the molecule is CC(=O)c1ccc(-c2cnc3nc2NCCCNS(=O)(=O)c2cccc(c2)N3)cc1. The van der Waals surface area contributed by atoms with Crippen LogP contribution in [0.1, 0.15) is 23.7 Å². The van der Waals surface area contributed by atoms with Crippen molar-refractivity contribution in [2.24, 2.45) is 0 Å². The minimum Gasteiger partial charge on any atom is -0.369 e. The van der Waals surface area contributed by atoms with Crippen molar-refractivity contribution in [1.82, 2.24) is 14.7 Å². The Kier molecular flexibility index (Phi) is 5.47. The number of nitrogens with zero attached hydrogens (tertiary/aromatic N) is 2. The first kappa shape index (κ1) is 20.0. The predicted octanol–water partition coefficient (Wildman–Crippen LogP) is 3.18. The number of hydrogen-bond donors (Lipinski definition) is 3. The van der Waals surface area contributed by atoms with Crippen LogP contribution in [0.4, 0.5) is 17.5 Å². The average molecular weight is 423 g/mol. The van der Waals surface area contributed by atoms with E-state index in [-0.39, 0.29) is 10.7 Å². The van der Waals surface area contributed by atoms with Crippen molar-refractivity contribution in [2.75, 3.05) is 23.7 Å². The third-order valence-corrected chi connectivity index (χ3v) is 6.19. The second-order valence-corrected chi connectivity index (χ2v) is 8.69. The molecule has 8 nitrogen and oxygen atoms in total. The molecule has 30 heavy (non-hydrogen) atoms. The normalized spacial score (nSPS) is 15.5. The van der Waals surface area contributed by atoms with Crippen molar-refractivity contribution >= 4 is 33.3 Å². The van der Waals surface area contributed by atoms with E-state index < -0.39 is 10.0 Å². The zero-order valence-corrected chi connectivity index (χ0v) is 17.2. The number of aromatic nitrogens is 2. The van der Waals surface area contributed by atoms with E-state index in [2.05, 4.69) is 25.3 Å². The quantitative estimate of drug-likeness (QED) is 0.543. The number of Topliss-reactive ketones (excluding diaryl/α,β-unsaturated/α-hetero) is 1. The molecule has 0 unspecified atom stereocenters. The molecule has 3 aromatic rings. The van der Waals surface area contributed by atoms with Gasteiger partial charge in [0, 0.05) is 36.1 Å². The highest BCUT2D eigenvalue weighted by atomic mass is 32.2. The van der Waals surface area contributed by atoms with Crippen LogP contribution >= 0.6 is 0 Å². The van der Waals surface area contributed by atoms with Crippen molar-refractivity contribution in [3.63, 3.8) is 0 Å². The van der Waals surface area contributed by atoms with Crippen LogP contribution in [0, 0.1) is 0 Å². The predicted molar refractivity (Wildman–Crippen MR) is 115 cm³/mol. The van der Waals surface area contributed by atoms with Gasteiger partial charge in [0.1, 0.15) is 5.82 Å². The second-order valence-electron chi connectivity index (χ2n) is 6.92. The fourth-order valence-electron chi connectivity index (χ4n) is 3.13. The van der Waals surface area contributed by atoms with E-state index in [4.69, 9.17) is 0 Å². The van der Waals surface area contributed by atoms with Gasteiger partial charge >= 0.3 is 0 Å². The lowest BCUT2D eigenvalue weighted by Crippen LogP contribution is -2.26. The van der Waals surface area contributed by atoms with E-state index in [0.29, 0.717) is 42.5 Å². The molecule has 0 spiro atoms. The molecule has 0 saturated heterocycles. The summed E-state index contributed by atoms with van der Waals surface area (Å²) in [4.78, 5) is 20.7. The van der Waals surface area contributed by atoms with Gasteiger partial charge in [-0.15, -0.1) is 0 Å². The summed E-state index contributed by atoms with van der Waals surface area (Å²) in [5.74, 6) is 0.982. The summed E-state index contributed by atoms with van der Waals surface area (Å²) in [5, 5.41) is 6.33. The molecule has 1 aliphatic heterocycles. The molecule has 2 aromatic carbocycles. The highest BCUT2D eigenvalue weighted by Gasteiger charge is 2.16. The summed E-state index contributed by atoms with van der Waals surface area (Å²) in [7, 11) is -3.58. The molecule has 0 atom stereocenters. The van der Waals surface area contributed by atoms with Crippen LogP contribution in [-0.4, -0.2) is 37.3 Å². The third-order valence-electron chi connectivity index (χ3n) is 4.73. The van der Waals surface area contributed by atoms with Gasteiger partial charge in [-0.2, -0.15) is 4.98 Å². The zero-order chi connectivity index (χ0) is 21.1. The molecular weight excluding hydrogens is 402 g/mol. The Bertz CT molecular complexity index is 1190. The maximum Gasteiger partial charge on any atom is 0.240 e. The number of carbonyl (C=O) groups is 1. The fraction of sp³-hybridized carbons (Fsp3) is 0.190. The number of anilines is 3. The fourth-order valence-corrected chi connectivity index (χ4v) is 4.25.